The van der Waals surface area contributed by atoms with Crippen LogP contribution in [-0.2, 0) is 6.42 Å². The molecule has 0 saturated heterocycles. The Balaban J connectivity index is 2.26. The lowest BCUT2D eigenvalue weighted by Crippen LogP contribution is -2.15. The monoisotopic (exact) mass is 304 g/mol. The fourth-order valence-corrected chi connectivity index (χ4v) is 2.12. The van der Waals surface area contributed by atoms with Crippen molar-refractivity contribution in [2.24, 2.45) is 5.84 Å². The van der Waals surface area contributed by atoms with Crippen LogP contribution >= 0.6 is 11.6 Å². The molecule has 0 aliphatic carbocycles. The minimum absolute atomic E-state index is 0.251. The number of hydrazine groups is 1. The van der Waals surface area contributed by atoms with Crippen LogP contribution in [0, 0.1) is 0 Å². The summed E-state index contributed by atoms with van der Waals surface area (Å²) in [4.78, 5) is 16.6. The number of carbonyl (C=O) groups is 1. The van der Waals surface area contributed by atoms with Crippen molar-refractivity contribution in [2.75, 3.05) is 10.7 Å². The van der Waals surface area contributed by atoms with Gasteiger partial charge in [-0.2, -0.15) is 0 Å². The number of halogens is 1. The van der Waals surface area contributed by atoms with E-state index in [1.807, 2.05) is 13.0 Å². The zero-order chi connectivity index (χ0) is 15.2. The van der Waals surface area contributed by atoms with E-state index in [4.69, 9.17) is 17.4 Å². The van der Waals surface area contributed by atoms with Gasteiger partial charge in [0.15, 0.2) is 0 Å². The lowest BCUT2D eigenvalue weighted by Gasteiger charge is -2.10. The second-order valence-electron chi connectivity index (χ2n) is 4.56. The number of benzene rings is 1. The number of aryl methyl sites for hydroxylation is 1. The van der Waals surface area contributed by atoms with Gasteiger partial charge in [-0.3, -0.25) is 4.79 Å². The van der Waals surface area contributed by atoms with Crippen molar-refractivity contribution < 1.29 is 4.79 Å². The number of amides is 1. The summed E-state index contributed by atoms with van der Waals surface area (Å²) in [5.41, 5.74) is 4.35. The highest BCUT2D eigenvalue weighted by Crippen LogP contribution is 2.21. The topological polar surface area (TPSA) is 80.0 Å². The number of nitrogens with one attached hydrogen (secondary N) is 2. The van der Waals surface area contributed by atoms with Crippen molar-refractivity contribution in [3.63, 3.8) is 0 Å². The average molecular weight is 305 g/mol. The number of nitrogen functional groups attached to an aromatic ring is 1. The van der Waals surface area contributed by atoms with Gasteiger partial charge in [0, 0.05) is 11.3 Å². The van der Waals surface area contributed by atoms with Gasteiger partial charge in [-0.05, 0) is 30.7 Å². The summed E-state index contributed by atoms with van der Waals surface area (Å²) in [6, 6.07) is 10.4. The van der Waals surface area contributed by atoms with Gasteiger partial charge in [0.05, 0.1) is 10.7 Å². The quantitative estimate of drug-likeness (QED) is 0.585. The van der Waals surface area contributed by atoms with Crippen molar-refractivity contribution in [2.45, 2.75) is 19.8 Å². The largest absolute Gasteiger partial charge is 0.321 e. The minimum atomic E-state index is -0.251. The average Bonchev–Trinajstić information content (AvgIpc) is 2.49. The van der Waals surface area contributed by atoms with E-state index in [-0.39, 0.29) is 5.91 Å². The zero-order valence-electron chi connectivity index (χ0n) is 11.7. The van der Waals surface area contributed by atoms with Crippen LogP contribution < -0.4 is 16.6 Å². The highest BCUT2D eigenvalue weighted by Gasteiger charge is 2.11. The zero-order valence-corrected chi connectivity index (χ0v) is 12.4. The van der Waals surface area contributed by atoms with Crippen molar-refractivity contribution in [1.82, 2.24) is 4.98 Å². The first-order valence-electron chi connectivity index (χ1n) is 6.67. The maximum absolute atomic E-state index is 12.3. The molecule has 2 rings (SSSR count). The van der Waals surface area contributed by atoms with Crippen LogP contribution in [0.15, 0.2) is 36.4 Å². The number of nitrogens with zero attached hydrogens (tertiary/aromatic N) is 1. The van der Waals surface area contributed by atoms with Gasteiger partial charge in [-0.15, -0.1) is 0 Å². The molecule has 4 N–H and O–H groups in total. The van der Waals surface area contributed by atoms with Gasteiger partial charge in [-0.1, -0.05) is 37.1 Å². The molecule has 1 heterocycles. The van der Waals surface area contributed by atoms with E-state index < -0.39 is 0 Å². The number of rotatable bonds is 5. The molecule has 0 saturated carbocycles. The van der Waals surface area contributed by atoms with E-state index in [9.17, 15) is 4.79 Å². The first-order valence-corrected chi connectivity index (χ1v) is 7.05. The summed E-state index contributed by atoms with van der Waals surface area (Å²) >= 11 is 6.04. The summed E-state index contributed by atoms with van der Waals surface area (Å²) < 4.78 is 0. The molecule has 0 atom stereocenters. The van der Waals surface area contributed by atoms with E-state index in [0.29, 0.717) is 22.1 Å². The molecule has 1 aromatic heterocycles. The third-order valence-corrected chi connectivity index (χ3v) is 3.25. The van der Waals surface area contributed by atoms with Crippen LogP contribution in [0.4, 0.5) is 11.5 Å². The molecule has 110 valence electrons. The molecule has 1 aromatic carbocycles. The Hall–Kier alpha value is -2.11. The Kier molecular flexibility index (Phi) is 5.14. The van der Waals surface area contributed by atoms with Crippen LogP contribution in [0.2, 0.25) is 5.02 Å². The van der Waals surface area contributed by atoms with Crippen molar-refractivity contribution >= 4 is 29.0 Å². The maximum atomic E-state index is 12.3. The molecule has 0 spiro atoms. The van der Waals surface area contributed by atoms with E-state index in [0.717, 1.165) is 18.5 Å². The number of pyridine rings is 1. The van der Waals surface area contributed by atoms with Crippen molar-refractivity contribution in [3.8, 4) is 0 Å². The van der Waals surface area contributed by atoms with Crippen LogP contribution in [-0.4, -0.2) is 10.9 Å². The smallest absolute Gasteiger partial charge is 0.255 e. The van der Waals surface area contributed by atoms with Crippen LogP contribution in [0.25, 0.3) is 0 Å². The molecule has 6 heteroatoms. The summed E-state index contributed by atoms with van der Waals surface area (Å²) in [6.45, 7) is 2.05. The van der Waals surface area contributed by atoms with Crippen molar-refractivity contribution in [3.05, 3.63) is 52.7 Å². The van der Waals surface area contributed by atoms with Crippen LogP contribution in [0.3, 0.4) is 0 Å². The predicted octanol–water partition coefficient (Wildman–Crippen LogP) is 3.23. The van der Waals surface area contributed by atoms with Gasteiger partial charge in [0.1, 0.15) is 5.82 Å². The third kappa shape index (κ3) is 3.93. The summed E-state index contributed by atoms with van der Waals surface area (Å²) in [7, 11) is 0. The SMILES string of the molecule is CCCc1cc(C(=O)Nc2ccccc2Cl)cc(NN)n1. The molecule has 0 aliphatic rings. The van der Waals surface area contributed by atoms with Gasteiger partial charge in [0.2, 0.25) is 0 Å². The molecule has 0 bridgehead atoms. The second-order valence-corrected chi connectivity index (χ2v) is 4.97. The fourth-order valence-electron chi connectivity index (χ4n) is 1.93. The molecule has 21 heavy (non-hydrogen) atoms. The van der Waals surface area contributed by atoms with E-state index in [1.165, 1.54) is 0 Å². The van der Waals surface area contributed by atoms with E-state index in [1.54, 1.807) is 30.3 Å². The minimum Gasteiger partial charge on any atom is -0.321 e. The first-order chi connectivity index (χ1) is 10.1. The fraction of sp³-hybridized carbons (Fsp3) is 0.200. The first kappa shape index (κ1) is 15.3. The Labute approximate surface area is 128 Å². The number of nitrogens with two attached hydrogens (primary N) is 1. The van der Waals surface area contributed by atoms with Crippen molar-refractivity contribution in [1.29, 1.82) is 0 Å². The number of para-hydroxylation sites is 1. The Morgan fingerprint density at radius 1 is 1.33 bits per heavy atom. The summed E-state index contributed by atoms with van der Waals surface area (Å²) in [6.07, 6.45) is 1.72. The molecule has 0 fully saturated rings. The molecule has 1 amide bonds. The summed E-state index contributed by atoms with van der Waals surface area (Å²) in [5, 5.41) is 3.27. The Bertz CT molecular complexity index is 645. The molecule has 0 radical (unpaired) electrons. The number of hydrogen-bond acceptors (Lipinski definition) is 4. The van der Waals surface area contributed by atoms with Crippen LogP contribution in [0.1, 0.15) is 29.4 Å². The molecular weight excluding hydrogens is 288 g/mol. The second kappa shape index (κ2) is 7.06. The van der Waals surface area contributed by atoms with Gasteiger partial charge in [-0.25, -0.2) is 10.8 Å². The van der Waals surface area contributed by atoms with Gasteiger partial charge >= 0.3 is 0 Å². The maximum Gasteiger partial charge on any atom is 0.255 e. The number of hydrogen-bond donors (Lipinski definition) is 3. The number of carbonyl (C=O) groups excluding carboxylic acids is 1. The normalized spacial score (nSPS) is 10.2. The molecule has 0 unspecified atom stereocenters. The standard InChI is InChI=1S/C15H17ClN4O/c1-2-5-11-8-10(9-14(18-11)20-17)15(21)19-13-7-4-3-6-12(13)16/h3-4,6-9H,2,5,17H2,1H3,(H,18,20)(H,19,21). The molecule has 5 nitrogen and oxygen atoms in total. The molecular formula is C15H17ClN4O. The highest BCUT2D eigenvalue weighted by molar-refractivity contribution is 6.33. The lowest BCUT2D eigenvalue weighted by atomic mass is 10.1. The van der Waals surface area contributed by atoms with Crippen LogP contribution in [0.5, 0.6) is 0 Å². The lowest BCUT2D eigenvalue weighted by molar-refractivity contribution is 0.102. The third-order valence-electron chi connectivity index (χ3n) is 2.92. The van der Waals surface area contributed by atoms with Gasteiger partial charge in [0.25, 0.3) is 5.91 Å². The van der Waals surface area contributed by atoms with E-state index in [2.05, 4.69) is 15.7 Å². The Morgan fingerprint density at radius 2 is 2.10 bits per heavy atom. The highest BCUT2D eigenvalue weighted by atomic mass is 35.5. The summed E-state index contributed by atoms with van der Waals surface area (Å²) in [5.74, 6) is 5.61. The Morgan fingerprint density at radius 3 is 2.76 bits per heavy atom. The predicted molar refractivity (Wildman–Crippen MR) is 85.4 cm³/mol. The molecule has 2 aromatic rings. The van der Waals surface area contributed by atoms with Gasteiger partial charge < -0.3 is 10.7 Å². The van der Waals surface area contributed by atoms with E-state index >= 15 is 0 Å². The molecule has 0 aliphatic heterocycles. The number of anilines is 2. The number of aromatic nitrogens is 1.